The van der Waals surface area contributed by atoms with Gasteiger partial charge in [0.05, 0.1) is 11.3 Å². The molecule has 0 heterocycles. The van der Waals surface area contributed by atoms with Crippen molar-refractivity contribution < 1.29 is 8.78 Å². The van der Waals surface area contributed by atoms with E-state index in [1.165, 1.54) is 6.07 Å². The van der Waals surface area contributed by atoms with Crippen molar-refractivity contribution in [2.24, 2.45) is 0 Å². The van der Waals surface area contributed by atoms with Crippen LogP contribution in [-0.2, 0) is 0 Å². The largest absolute Gasteiger partial charge is 0.299 e. The van der Waals surface area contributed by atoms with E-state index in [0.29, 0.717) is 5.56 Å². The minimum Gasteiger partial charge on any atom is -0.299 e. The molecule has 3 heteroatoms. The number of benzene rings is 2. The number of halogens is 2. The summed E-state index contributed by atoms with van der Waals surface area (Å²) in [5.74, 6) is -1.43. The lowest BCUT2D eigenvalue weighted by Crippen LogP contribution is -2.07. The summed E-state index contributed by atoms with van der Waals surface area (Å²) in [5, 5.41) is 7.77. The van der Waals surface area contributed by atoms with Gasteiger partial charge in [0.15, 0.2) is 0 Å². The van der Waals surface area contributed by atoms with Gasteiger partial charge in [0, 0.05) is 5.56 Å². The summed E-state index contributed by atoms with van der Waals surface area (Å²) in [6, 6.07) is 12.1. The number of nitrogens with one attached hydrogen (secondary N) is 1. The highest BCUT2D eigenvalue weighted by molar-refractivity contribution is 6.11. The van der Waals surface area contributed by atoms with Gasteiger partial charge in [0.25, 0.3) is 0 Å². The van der Waals surface area contributed by atoms with Crippen LogP contribution in [0.2, 0.25) is 0 Å². The first-order valence-corrected chi connectivity index (χ1v) is 4.78. The van der Waals surface area contributed by atoms with Crippen molar-refractivity contribution >= 4 is 5.71 Å². The highest BCUT2D eigenvalue weighted by Crippen LogP contribution is 2.16. The summed E-state index contributed by atoms with van der Waals surface area (Å²) in [7, 11) is 0. The summed E-state index contributed by atoms with van der Waals surface area (Å²) in [5.41, 5.74) is 0.0661. The summed E-state index contributed by atoms with van der Waals surface area (Å²) < 4.78 is 26.8. The van der Waals surface area contributed by atoms with E-state index in [1.807, 2.05) is 0 Å². The standard InChI is InChI=1S/C13H9F2N/c14-10-7-4-8-11(15)12(10)13(16)9-5-2-1-3-6-9/h1-8,16H. The predicted octanol–water partition coefficient (Wildman–Crippen LogP) is 3.38. The fourth-order valence-electron chi connectivity index (χ4n) is 1.49. The molecule has 0 saturated carbocycles. The summed E-state index contributed by atoms with van der Waals surface area (Å²) >= 11 is 0. The zero-order chi connectivity index (χ0) is 11.5. The third kappa shape index (κ3) is 1.84. The molecule has 0 aliphatic heterocycles. The molecule has 0 unspecified atom stereocenters. The molecule has 0 aromatic heterocycles. The average molecular weight is 217 g/mol. The van der Waals surface area contributed by atoms with E-state index in [0.717, 1.165) is 12.1 Å². The van der Waals surface area contributed by atoms with Gasteiger partial charge >= 0.3 is 0 Å². The lowest BCUT2D eigenvalue weighted by molar-refractivity contribution is 0.579. The van der Waals surface area contributed by atoms with E-state index in [2.05, 4.69) is 0 Å². The number of hydrogen-bond acceptors (Lipinski definition) is 1. The topological polar surface area (TPSA) is 23.9 Å². The number of rotatable bonds is 2. The van der Waals surface area contributed by atoms with E-state index in [-0.39, 0.29) is 11.3 Å². The normalized spacial score (nSPS) is 10.1. The molecule has 0 amide bonds. The second-order valence-electron chi connectivity index (χ2n) is 3.34. The second-order valence-corrected chi connectivity index (χ2v) is 3.34. The zero-order valence-corrected chi connectivity index (χ0v) is 8.37. The third-order valence-corrected chi connectivity index (χ3v) is 2.28. The molecule has 16 heavy (non-hydrogen) atoms. The van der Waals surface area contributed by atoms with Crippen molar-refractivity contribution in [3.8, 4) is 0 Å². The third-order valence-electron chi connectivity index (χ3n) is 2.28. The molecule has 1 nitrogen and oxygen atoms in total. The second kappa shape index (κ2) is 4.23. The molecule has 2 aromatic rings. The first kappa shape index (κ1) is 10.5. The maximum absolute atomic E-state index is 13.4. The van der Waals surface area contributed by atoms with Crippen molar-refractivity contribution in [2.75, 3.05) is 0 Å². The monoisotopic (exact) mass is 217 g/mol. The Hall–Kier alpha value is -2.03. The molecule has 2 aromatic carbocycles. The van der Waals surface area contributed by atoms with Gasteiger partial charge in [-0.25, -0.2) is 8.78 Å². The Morgan fingerprint density at radius 3 is 1.94 bits per heavy atom. The molecule has 0 spiro atoms. The minimum atomic E-state index is -0.714. The highest BCUT2D eigenvalue weighted by atomic mass is 19.1. The van der Waals surface area contributed by atoms with Gasteiger partial charge in [-0.3, -0.25) is 5.41 Å². The van der Waals surface area contributed by atoms with Gasteiger partial charge in [0.2, 0.25) is 0 Å². The van der Waals surface area contributed by atoms with Crippen molar-refractivity contribution in [1.29, 1.82) is 5.41 Å². The molecule has 0 aliphatic carbocycles. The van der Waals surface area contributed by atoms with E-state index in [1.54, 1.807) is 30.3 Å². The van der Waals surface area contributed by atoms with Crippen LogP contribution in [0.15, 0.2) is 48.5 Å². The van der Waals surface area contributed by atoms with Gasteiger partial charge in [-0.15, -0.1) is 0 Å². The molecular formula is C13H9F2N. The van der Waals surface area contributed by atoms with Crippen LogP contribution in [0.1, 0.15) is 11.1 Å². The average Bonchev–Trinajstić information content (AvgIpc) is 2.30. The van der Waals surface area contributed by atoms with Gasteiger partial charge in [-0.1, -0.05) is 36.4 Å². The fourth-order valence-corrected chi connectivity index (χ4v) is 1.49. The van der Waals surface area contributed by atoms with Crippen molar-refractivity contribution in [2.45, 2.75) is 0 Å². The molecule has 2 rings (SSSR count). The predicted molar refractivity (Wildman–Crippen MR) is 58.7 cm³/mol. The van der Waals surface area contributed by atoms with Crippen LogP contribution in [0.25, 0.3) is 0 Å². The summed E-state index contributed by atoms with van der Waals surface area (Å²) in [4.78, 5) is 0. The van der Waals surface area contributed by atoms with Gasteiger partial charge in [-0.2, -0.15) is 0 Å². The summed E-state index contributed by atoms with van der Waals surface area (Å²) in [6.45, 7) is 0. The van der Waals surface area contributed by atoms with Crippen molar-refractivity contribution in [1.82, 2.24) is 0 Å². The first-order chi connectivity index (χ1) is 7.70. The van der Waals surface area contributed by atoms with Crippen molar-refractivity contribution in [3.63, 3.8) is 0 Å². The Morgan fingerprint density at radius 1 is 0.812 bits per heavy atom. The molecule has 0 radical (unpaired) electrons. The number of hydrogen-bond donors (Lipinski definition) is 1. The molecule has 0 saturated heterocycles. The summed E-state index contributed by atoms with van der Waals surface area (Å²) in [6.07, 6.45) is 0. The van der Waals surface area contributed by atoms with Crippen LogP contribution in [0.4, 0.5) is 8.78 Å². The Bertz CT molecular complexity index is 500. The maximum Gasteiger partial charge on any atom is 0.135 e. The van der Waals surface area contributed by atoms with E-state index in [9.17, 15) is 8.78 Å². The first-order valence-electron chi connectivity index (χ1n) is 4.78. The molecule has 1 N–H and O–H groups in total. The van der Waals surface area contributed by atoms with E-state index in [4.69, 9.17) is 5.41 Å². The van der Waals surface area contributed by atoms with E-state index < -0.39 is 11.6 Å². The van der Waals surface area contributed by atoms with Crippen LogP contribution >= 0.6 is 0 Å². The minimum absolute atomic E-state index is 0.142. The molecule has 80 valence electrons. The van der Waals surface area contributed by atoms with Gasteiger partial charge in [0.1, 0.15) is 11.6 Å². The van der Waals surface area contributed by atoms with Crippen molar-refractivity contribution in [3.05, 3.63) is 71.3 Å². The van der Waals surface area contributed by atoms with Gasteiger partial charge in [-0.05, 0) is 12.1 Å². The van der Waals surface area contributed by atoms with Crippen LogP contribution in [0, 0.1) is 17.0 Å². The molecule has 0 atom stereocenters. The Morgan fingerprint density at radius 2 is 1.38 bits per heavy atom. The van der Waals surface area contributed by atoms with Crippen LogP contribution in [0.5, 0.6) is 0 Å². The fraction of sp³-hybridized carbons (Fsp3) is 0. The molecule has 0 aliphatic rings. The maximum atomic E-state index is 13.4. The zero-order valence-electron chi connectivity index (χ0n) is 8.37. The van der Waals surface area contributed by atoms with Crippen LogP contribution in [0.3, 0.4) is 0 Å². The smallest absolute Gasteiger partial charge is 0.135 e. The lowest BCUT2D eigenvalue weighted by Gasteiger charge is -2.06. The van der Waals surface area contributed by atoms with Gasteiger partial charge < -0.3 is 0 Å². The Labute approximate surface area is 91.9 Å². The van der Waals surface area contributed by atoms with Crippen LogP contribution < -0.4 is 0 Å². The SMILES string of the molecule is N=C(c1ccccc1)c1c(F)cccc1F. The lowest BCUT2D eigenvalue weighted by atomic mass is 10.0. The highest BCUT2D eigenvalue weighted by Gasteiger charge is 2.14. The quantitative estimate of drug-likeness (QED) is 0.745. The Kier molecular flexibility index (Phi) is 2.77. The molecular weight excluding hydrogens is 208 g/mol. The Balaban J connectivity index is 2.50. The van der Waals surface area contributed by atoms with E-state index >= 15 is 0 Å². The molecule has 0 bridgehead atoms. The van der Waals surface area contributed by atoms with Crippen LogP contribution in [-0.4, -0.2) is 5.71 Å². The molecule has 0 fully saturated rings.